The Bertz CT molecular complexity index is 345. The fraction of sp³-hybridized carbons (Fsp3) is 0.364. The van der Waals surface area contributed by atoms with Gasteiger partial charge in [-0.2, -0.15) is 5.26 Å². The second-order valence-corrected chi connectivity index (χ2v) is 3.15. The molecule has 0 aliphatic rings. The van der Waals surface area contributed by atoms with Gasteiger partial charge in [-0.3, -0.25) is 0 Å². The summed E-state index contributed by atoms with van der Waals surface area (Å²) in [6.07, 6.45) is -0.643. The Kier molecular flexibility index (Phi) is 5.29. The van der Waals surface area contributed by atoms with E-state index in [2.05, 4.69) is 10.3 Å². The molecular formula is C11H14N2O3. The first-order chi connectivity index (χ1) is 7.76. The lowest BCUT2D eigenvalue weighted by atomic mass is 10.2. The van der Waals surface area contributed by atoms with Crippen molar-refractivity contribution < 1.29 is 14.7 Å². The molecule has 0 bridgehead atoms. The Morgan fingerprint density at radius 1 is 1.44 bits per heavy atom. The summed E-state index contributed by atoms with van der Waals surface area (Å²) in [5.74, 6) is 0.621. The van der Waals surface area contributed by atoms with Gasteiger partial charge in [-0.25, -0.2) is 5.48 Å². The minimum absolute atomic E-state index is 0.169. The molecule has 0 saturated carbocycles. The third-order valence-electron chi connectivity index (χ3n) is 1.89. The number of nitriles is 1. The van der Waals surface area contributed by atoms with Crippen LogP contribution in [0.25, 0.3) is 0 Å². The highest BCUT2D eigenvalue weighted by molar-refractivity contribution is 5.34. The second-order valence-electron chi connectivity index (χ2n) is 3.15. The minimum Gasteiger partial charge on any atom is -0.491 e. The Labute approximate surface area is 94.2 Å². The van der Waals surface area contributed by atoms with E-state index in [-0.39, 0.29) is 6.61 Å². The number of benzene rings is 1. The molecule has 0 radical (unpaired) electrons. The van der Waals surface area contributed by atoms with Crippen molar-refractivity contribution in [3.05, 3.63) is 29.8 Å². The largest absolute Gasteiger partial charge is 0.491 e. The molecule has 5 nitrogen and oxygen atoms in total. The van der Waals surface area contributed by atoms with Crippen molar-refractivity contribution >= 4 is 0 Å². The van der Waals surface area contributed by atoms with Gasteiger partial charge in [0, 0.05) is 0 Å². The monoisotopic (exact) mass is 222 g/mol. The molecule has 1 rings (SSSR count). The van der Waals surface area contributed by atoms with Gasteiger partial charge in [-0.05, 0) is 24.3 Å². The van der Waals surface area contributed by atoms with Crippen molar-refractivity contribution in [3.8, 4) is 11.8 Å². The lowest BCUT2D eigenvalue weighted by Crippen LogP contribution is -2.30. The van der Waals surface area contributed by atoms with E-state index in [0.29, 0.717) is 17.9 Å². The fourth-order valence-electron chi connectivity index (χ4n) is 1.06. The van der Waals surface area contributed by atoms with Crippen molar-refractivity contribution in [2.45, 2.75) is 6.10 Å². The summed E-state index contributed by atoms with van der Waals surface area (Å²) < 4.78 is 5.31. The number of hydrogen-bond acceptors (Lipinski definition) is 5. The molecule has 0 aliphatic carbocycles. The maximum Gasteiger partial charge on any atom is 0.119 e. The van der Waals surface area contributed by atoms with Crippen LogP contribution in [0.2, 0.25) is 0 Å². The average molecular weight is 222 g/mol. The predicted molar refractivity (Wildman–Crippen MR) is 57.7 cm³/mol. The van der Waals surface area contributed by atoms with Gasteiger partial charge in [0.05, 0.1) is 25.3 Å². The molecule has 0 heterocycles. The minimum atomic E-state index is -0.643. The van der Waals surface area contributed by atoms with Crippen LogP contribution < -0.4 is 10.2 Å². The van der Waals surface area contributed by atoms with Crippen molar-refractivity contribution in [1.29, 1.82) is 5.26 Å². The quantitative estimate of drug-likeness (QED) is 0.683. The van der Waals surface area contributed by atoms with Gasteiger partial charge in [0.15, 0.2) is 0 Å². The van der Waals surface area contributed by atoms with Crippen LogP contribution >= 0.6 is 0 Å². The molecule has 1 aromatic carbocycles. The van der Waals surface area contributed by atoms with E-state index in [0.717, 1.165) is 0 Å². The second kappa shape index (κ2) is 6.80. The maximum absolute atomic E-state index is 9.42. The molecule has 0 fully saturated rings. The molecule has 0 saturated heterocycles. The van der Waals surface area contributed by atoms with Gasteiger partial charge >= 0.3 is 0 Å². The number of hydroxylamine groups is 1. The summed E-state index contributed by atoms with van der Waals surface area (Å²) in [6.45, 7) is 0.467. The highest BCUT2D eigenvalue weighted by Gasteiger charge is 2.04. The average Bonchev–Trinajstić information content (AvgIpc) is 2.34. The number of nitrogens with one attached hydrogen (secondary N) is 1. The fourth-order valence-corrected chi connectivity index (χ4v) is 1.06. The van der Waals surface area contributed by atoms with Gasteiger partial charge < -0.3 is 14.7 Å². The van der Waals surface area contributed by atoms with Gasteiger partial charge in [-0.1, -0.05) is 0 Å². The van der Waals surface area contributed by atoms with E-state index in [9.17, 15) is 5.11 Å². The summed E-state index contributed by atoms with van der Waals surface area (Å²) in [4.78, 5) is 4.59. The van der Waals surface area contributed by atoms with Crippen LogP contribution in [0.5, 0.6) is 5.75 Å². The lowest BCUT2D eigenvalue weighted by molar-refractivity contribution is 0.0322. The zero-order valence-corrected chi connectivity index (χ0v) is 9.01. The normalized spacial score (nSPS) is 11.8. The standard InChI is InChI=1S/C11H14N2O3/c1-15-13-7-10(14)8-16-11-4-2-9(6-12)3-5-11/h2-5,10,13-14H,7-8H2,1H3. The molecule has 0 spiro atoms. The highest BCUT2D eigenvalue weighted by atomic mass is 16.6. The topological polar surface area (TPSA) is 74.5 Å². The number of hydrogen-bond donors (Lipinski definition) is 2. The first-order valence-corrected chi connectivity index (χ1v) is 4.83. The Hall–Kier alpha value is -1.61. The number of aliphatic hydroxyl groups excluding tert-OH is 1. The summed E-state index contributed by atoms with van der Waals surface area (Å²) >= 11 is 0. The number of ether oxygens (including phenoxy) is 1. The highest BCUT2D eigenvalue weighted by Crippen LogP contribution is 2.11. The summed E-state index contributed by atoms with van der Waals surface area (Å²) in [5, 5.41) is 18.0. The molecule has 0 aromatic heterocycles. The third-order valence-corrected chi connectivity index (χ3v) is 1.89. The molecular weight excluding hydrogens is 208 g/mol. The number of rotatable bonds is 6. The Morgan fingerprint density at radius 3 is 2.69 bits per heavy atom. The van der Waals surface area contributed by atoms with E-state index in [1.165, 1.54) is 7.11 Å². The van der Waals surface area contributed by atoms with Crippen LogP contribution in [-0.2, 0) is 4.84 Å². The molecule has 2 N–H and O–H groups in total. The Balaban J connectivity index is 2.34. The van der Waals surface area contributed by atoms with E-state index in [4.69, 9.17) is 10.00 Å². The van der Waals surface area contributed by atoms with Gasteiger partial charge in [0.2, 0.25) is 0 Å². The molecule has 1 aromatic rings. The maximum atomic E-state index is 9.42. The summed E-state index contributed by atoms with van der Waals surface area (Å²) in [7, 11) is 1.48. The molecule has 0 amide bonds. The van der Waals surface area contributed by atoms with Gasteiger partial charge in [0.1, 0.15) is 18.5 Å². The molecule has 1 atom stereocenters. The molecule has 86 valence electrons. The van der Waals surface area contributed by atoms with Crippen molar-refractivity contribution in [2.24, 2.45) is 0 Å². The zero-order chi connectivity index (χ0) is 11.8. The van der Waals surface area contributed by atoms with Gasteiger partial charge in [-0.15, -0.1) is 0 Å². The third kappa shape index (κ3) is 4.28. The van der Waals surface area contributed by atoms with Crippen molar-refractivity contribution in [2.75, 3.05) is 20.3 Å². The van der Waals surface area contributed by atoms with Crippen LogP contribution in [0.4, 0.5) is 0 Å². The summed E-state index contributed by atoms with van der Waals surface area (Å²) in [5.41, 5.74) is 3.11. The number of nitrogens with zero attached hydrogens (tertiary/aromatic N) is 1. The van der Waals surface area contributed by atoms with Crippen LogP contribution in [0.15, 0.2) is 24.3 Å². The van der Waals surface area contributed by atoms with Gasteiger partial charge in [0.25, 0.3) is 0 Å². The first-order valence-electron chi connectivity index (χ1n) is 4.83. The molecule has 5 heteroatoms. The van der Waals surface area contributed by atoms with E-state index in [1.54, 1.807) is 24.3 Å². The van der Waals surface area contributed by atoms with Crippen LogP contribution in [0.3, 0.4) is 0 Å². The molecule has 1 unspecified atom stereocenters. The smallest absolute Gasteiger partial charge is 0.119 e. The predicted octanol–water partition coefficient (Wildman–Crippen LogP) is 0.449. The van der Waals surface area contributed by atoms with E-state index >= 15 is 0 Å². The lowest BCUT2D eigenvalue weighted by Gasteiger charge is -2.12. The van der Waals surface area contributed by atoms with Crippen LogP contribution in [0, 0.1) is 11.3 Å². The molecule has 16 heavy (non-hydrogen) atoms. The summed E-state index contributed by atoms with van der Waals surface area (Å²) in [6, 6.07) is 8.72. The first kappa shape index (κ1) is 12.5. The van der Waals surface area contributed by atoms with Crippen molar-refractivity contribution in [1.82, 2.24) is 5.48 Å². The van der Waals surface area contributed by atoms with E-state index in [1.807, 2.05) is 6.07 Å². The Morgan fingerprint density at radius 2 is 2.12 bits per heavy atom. The van der Waals surface area contributed by atoms with E-state index < -0.39 is 6.10 Å². The van der Waals surface area contributed by atoms with Crippen LogP contribution in [0.1, 0.15) is 5.56 Å². The van der Waals surface area contributed by atoms with Crippen molar-refractivity contribution in [3.63, 3.8) is 0 Å². The zero-order valence-electron chi connectivity index (χ0n) is 9.01. The number of aliphatic hydroxyl groups is 1. The molecule has 0 aliphatic heterocycles. The van der Waals surface area contributed by atoms with Crippen LogP contribution in [-0.4, -0.2) is 31.5 Å². The SMILES string of the molecule is CONCC(O)COc1ccc(C#N)cc1.